The summed E-state index contributed by atoms with van der Waals surface area (Å²) in [6.07, 6.45) is 0.407. The van der Waals surface area contributed by atoms with Crippen LogP contribution in [-0.2, 0) is 9.47 Å². The average Bonchev–Trinajstić information content (AvgIpc) is 2.39. The number of nitrogens with zero attached hydrogens (tertiary/aromatic N) is 1. The maximum absolute atomic E-state index is 13.3. The topological polar surface area (TPSA) is 60.5 Å². The summed E-state index contributed by atoms with van der Waals surface area (Å²) in [6, 6.07) is 1.10. The van der Waals surface area contributed by atoms with Gasteiger partial charge in [-0.05, 0) is 19.9 Å². The van der Waals surface area contributed by atoms with Crippen molar-refractivity contribution in [1.82, 2.24) is 10.3 Å². The number of pyridine rings is 1. The Morgan fingerprint density at radius 2 is 2.00 bits per heavy atom. The summed E-state index contributed by atoms with van der Waals surface area (Å²) in [4.78, 5) is 14.8. The summed E-state index contributed by atoms with van der Waals surface area (Å²) in [5, 5.41) is 2.41. The van der Waals surface area contributed by atoms with Crippen molar-refractivity contribution in [3.8, 4) is 0 Å². The van der Waals surface area contributed by atoms with Gasteiger partial charge in [-0.1, -0.05) is 0 Å². The van der Waals surface area contributed by atoms with E-state index in [1.165, 1.54) is 0 Å². The molecule has 0 atom stereocenters. The molecule has 1 amide bonds. The molecule has 19 heavy (non-hydrogen) atoms. The molecule has 1 aromatic heterocycles. The van der Waals surface area contributed by atoms with Crippen LogP contribution in [0.25, 0.3) is 0 Å². The van der Waals surface area contributed by atoms with Gasteiger partial charge in [0.25, 0.3) is 5.91 Å². The van der Waals surface area contributed by atoms with Crippen LogP contribution in [0.15, 0.2) is 12.3 Å². The van der Waals surface area contributed by atoms with E-state index in [4.69, 9.17) is 9.47 Å². The van der Waals surface area contributed by atoms with Gasteiger partial charge in [0.15, 0.2) is 12.1 Å². The molecule has 0 unspecified atom stereocenters. The average molecular weight is 274 g/mol. The van der Waals surface area contributed by atoms with E-state index in [0.29, 0.717) is 13.2 Å². The van der Waals surface area contributed by atoms with Crippen LogP contribution < -0.4 is 5.32 Å². The Kier molecular flexibility index (Phi) is 6.31. The molecule has 0 fully saturated rings. The zero-order valence-corrected chi connectivity index (χ0v) is 10.8. The van der Waals surface area contributed by atoms with Crippen LogP contribution in [0.2, 0.25) is 0 Å². The lowest BCUT2D eigenvalue weighted by Gasteiger charge is -2.17. The number of nitrogens with one attached hydrogen (secondary N) is 1. The van der Waals surface area contributed by atoms with E-state index in [0.717, 1.165) is 12.3 Å². The van der Waals surface area contributed by atoms with Crippen molar-refractivity contribution < 1.29 is 23.0 Å². The molecule has 0 aliphatic heterocycles. The summed E-state index contributed by atoms with van der Waals surface area (Å²) < 4.78 is 36.6. The first kappa shape index (κ1) is 15.5. The lowest BCUT2D eigenvalue weighted by Crippen LogP contribution is -2.35. The molecule has 7 heteroatoms. The molecule has 0 aliphatic carbocycles. The van der Waals surface area contributed by atoms with Gasteiger partial charge in [0.2, 0.25) is 5.95 Å². The number of hydrogen-bond acceptors (Lipinski definition) is 4. The monoisotopic (exact) mass is 274 g/mol. The Morgan fingerprint density at radius 3 is 2.58 bits per heavy atom. The zero-order chi connectivity index (χ0) is 14.3. The summed E-state index contributed by atoms with van der Waals surface area (Å²) in [7, 11) is 0. The van der Waals surface area contributed by atoms with Gasteiger partial charge in [0, 0.05) is 19.4 Å². The molecule has 0 bridgehead atoms. The zero-order valence-electron chi connectivity index (χ0n) is 10.8. The number of carbonyl (C=O) groups excluding carboxylic acids is 1. The highest BCUT2D eigenvalue weighted by atomic mass is 19.2. The first-order chi connectivity index (χ1) is 9.10. The first-order valence-corrected chi connectivity index (χ1v) is 5.91. The minimum Gasteiger partial charge on any atom is -0.351 e. The van der Waals surface area contributed by atoms with Crippen molar-refractivity contribution in [2.75, 3.05) is 19.8 Å². The van der Waals surface area contributed by atoms with E-state index in [2.05, 4.69) is 10.3 Å². The van der Waals surface area contributed by atoms with Crippen molar-refractivity contribution in [2.45, 2.75) is 20.1 Å². The van der Waals surface area contributed by atoms with Crippen LogP contribution in [-0.4, -0.2) is 36.9 Å². The van der Waals surface area contributed by atoms with E-state index >= 15 is 0 Å². The molecule has 0 saturated heterocycles. The Labute approximate surface area is 109 Å². The van der Waals surface area contributed by atoms with Crippen LogP contribution in [0.4, 0.5) is 8.78 Å². The Hall–Kier alpha value is -1.60. The summed E-state index contributed by atoms with van der Waals surface area (Å²) in [6.45, 7) is 4.44. The van der Waals surface area contributed by atoms with Gasteiger partial charge in [-0.2, -0.15) is 4.39 Å². The third-order valence-electron chi connectivity index (χ3n) is 2.23. The molecule has 5 nitrogen and oxygen atoms in total. The van der Waals surface area contributed by atoms with Crippen LogP contribution in [0.5, 0.6) is 0 Å². The van der Waals surface area contributed by atoms with Gasteiger partial charge in [-0.25, -0.2) is 9.37 Å². The number of rotatable bonds is 7. The maximum Gasteiger partial charge on any atom is 0.254 e. The van der Waals surface area contributed by atoms with Crippen molar-refractivity contribution in [1.29, 1.82) is 0 Å². The predicted octanol–water partition coefficient (Wildman–Crippen LogP) is 1.49. The second-order valence-corrected chi connectivity index (χ2v) is 3.51. The molecule has 1 rings (SSSR count). The third kappa shape index (κ3) is 4.53. The molecule has 1 aromatic rings. The molecule has 1 N–H and O–H groups in total. The fourth-order valence-corrected chi connectivity index (χ4v) is 1.40. The summed E-state index contributed by atoms with van der Waals surface area (Å²) >= 11 is 0. The van der Waals surface area contributed by atoms with Gasteiger partial charge in [0.05, 0.1) is 12.1 Å². The van der Waals surface area contributed by atoms with Crippen molar-refractivity contribution >= 4 is 5.91 Å². The molecular formula is C12H16F2N2O3. The van der Waals surface area contributed by atoms with Crippen molar-refractivity contribution in [2.24, 2.45) is 0 Å². The van der Waals surface area contributed by atoms with E-state index in [9.17, 15) is 13.6 Å². The fraction of sp³-hybridized carbons (Fsp3) is 0.500. The Morgan fingerprint density at radius 1 is 1.37 bits per heavy atom. The molecular weight excluding hydrogens is 258 g/mol. The third-order valence-corrected chi connectivity index (χ3v) is 2.23. The molecule has 0 saturated carbocycles. The van der Waals surface area contributed by atoms with E-state index in [-0.39, 0.29) is 6.54 Å². The van der Waals surface area contributed by atoms with Crippen LogP contribution in [0.3, 0.4) is 0 Å². The molecule has 0 radical (unpaired) electrons. The minimum atomic E-state index is -1.31. The number of halogens is 2. The maximum atomic E-state index is 13.3. The second-order valence-electron chi connectivity index (χ2n) is 3.51. The van der Waals surface area contributed by atoms with E-state index in [1.54, 1.807) is 13.8 Å². The van der Waals surface area contributed by atoms with Gasteiger partial charge in [-0.15, -0.1) is 0 Å². The highest BCUT2D eigenvalue weighted by molar-refractivity contribution is 5.94. The SMILES string of the molecule is CCOC(CNC(=O)c1ccnc(F)c1F)OCC. The first-order valence-electron chi connectivity index (χ1n) is 5.91. The molecule has 0 aromatic carbocycles. The molecule has 106 valence electrons. The minimum absolute atomic E-state index is 0.0455. The Balaban J connectivity index is 2.61. The largest absolute Gasteiger partial charge is 0.351 e. The standard InChI is InChI=1S/C12H16F2N2O3/c1-3-18-9(19-4-2)7-16-12(17)8-5-6-15-11(14)10(8)13/h5-6,9H,3-4,7H2,1-2H3,(H,16,17). The van der Waals surface area contributed by atoms with Crippen LogP contribution >= 0.6 is 0 Å². The molecule has 0 aliphatic rings. The molecule has 0 spiro atoms. The number of carbonyl (C=O) groups is 1. The van der Waals surface area contributed by atoms with Gasteiger partial charge < -0.3 is 14.8 Å². The van der Waals surface area contributed by atoms with E-state index in [1.807, 2.05) is 0 Å². The highest BCUT2D eigenvalue weighted by Crippen LogP contribution is 2.08. The van der Waals surface area contributed by atoms with Crippen molar-refractivity contribution in [3.05, 3.63) is 29.6 Å². The Bertz CT molecular complexity index is 423. The number of ether oxygens (including phenoxy) is 2. The number of amides is 1. The number of hydrogen-bond donors (Lipinski definition) is 1. The molecule has 1 heterocycles. The second kappa shape index (κ2) is 7.75. The normalized spacial score (nSPS) is 10.8. The van der Waals surface area contributed by atoms with E-state index < -0.39 is 29.5 Å². The fourth-order valence-electron chi connectivity index (χ4n) is 1.40. The van der Waals surface area contributed by atoms with Gasteiger partial charge in [0.1, 0.15) is 0 Å². The van der Waals surface area contributed by atoms with Gasteiger partial charge in [-0.3, -0.25) is 4.79 Å². The summed E-state index contributed by atoms with van der Waals surface area (Å²) in [5.74, 6) is -3.33. The quantitative estimate of drug-likeness (QED) is 0.604. The van der Waals surface area contributed by atoms with Crippen molar-refractivity contribution in [3.63, 3.8) is 0 Å². The smallest absolute Gasteiger partial charge is 0.254 e. The number of aromatic nitrogens is 1. The lowest BCUT2D eigenvalue weighted by molar-refractivity contribution is -0.131. The van der Waals surface area contributed by atoms with Gasteiger partial charge >= 0.3 is 0 Å². The summed E-state index contributed by atoms with van der Waals surface area (Å²) in [5.41, 5.74) is -0.403. The lowest BCUT2D eigenvalue weighted by atomic mass is 10.2. The highest BCUT2D eigenvalue weighted by Gasteiger charge is 2.17. The van der Waals surface area contributed by atoms with Crippen LogP contribution in [0.1, 0.15) is 24.2 Å². The predicted molar refractivity (Wildman–Crippen MR) is 63.5 cm³/mol. The van der Waals surface area contributed by atoms with Crippen LogP contribution in [0, 0.1) is 11.8 Å².